The van der Waals surface area contributed by atoms with Crippen LogP contribution in [0.3, 0.4) is 0 Å². The fraction of sp³-hybridized carbons (Fsp3) is 0.571. The number of hydrogen-bond acceptors (Lipinski definition) is 5. The lowest BCUT2D eigenvalue weighted by Crippen LogP contribution is -2.44. The van der Waals surface area contributed by atoms with Crippen LogP contribution in [-0.4, -0.2) is 72.4 Å². The number of rotatable bonds is 7. The quantitative estimate of drug-likeness (QED) is 0.417. The van der Waals surface area contributed by atoms with Crippen molar-refractivity contribution in [2.24, 2.45) is 4.99 Å². The summed E-state index contributed by atoms with van der Waals surface area (Å²) in [6.45, 7) is 10.8. The van der Waals surface area contributed by atoms with Crippen LogP contribution in [-0.2, 0) is 13.1 Å². The number of aliphatic imine (C=N–C) groups is 1. The second-order valence-electron chi connectivity index (χ2n) is 7.67. The van der Waals surface area contributed by atoms with Crippen molar-refractivity contribution in [3.05, 3.63) is 41.3 Å². The molecule has 3 heterocycles. The summed E-state index contributed by atoms with van der Waals surface area (Å²) in [5, 5.41) is 11.2. The van der Waals surface area contributed by atoms with Crippen LogP contribution in [0.25, 0.3) is 0 Å². The Balaban J connectivity index is 1.39. The molecule has 0 unspecified atom stereocenters. The first-order chi connectivity index (χ1) is 14.0. The molecule has 0 radical (unpaired) electrons. The Hall–Kier alpha value is -2.61. The molecule has 0 saturated carbocycles. The molecular formula is C21H34N8. The van der Waals surface area contributed by atoms with Crippen LogP contribution < -0.4 is 15.5 Å². The summed E-state index contributed by atoms with van der Waals surface area (Å²) in [4.78, 5) is 13.7. The fourth-order valence-electron chi connectivity index (χ4n) is 3.49. The number of aromatic nitrogens is 3. The van der Waals surface area contributed by atoms with Crippen molar-refractivity contribution >= 4 is 11.8 Å². The molecule has 0 bridgehead atoms. The number of guanidine groups is 1. The summed E-state index contributed by atoms with van der Waals surface area (Å²) in [6, 6.07) is 6.37. The first-order valence-electron chi connectivity index (χ1n) is 10.4. The normalized spacial score (nSPS) is 15.6. The average Bonchev–Trinajstić information content (AvgIpc) is 3.05. The average molecular weight is 399 g/mol. The molecule has 158 valence electrons. The predicted octanol–water partition coefficient (Wildman–Crippen LogP) is 1.40. The predicted molar refractivity (Wildman–Crippen MR) is 118 cm³/mol. The van der Waals surface area contributed by atoms with Crippen molar-refractivity contribution in [3.63, 3.8) is 0 Å². The maximum absolute atomic E-state index is 4.65. The molecular weight excluding hydrogens is 364 g/mol. The minimum absolute atomic E-state index is 0.702. The van der Waals surface area contributed by atoms with E-state index in [9.17, 15) is 0 Å². The van der Waals surface area contributed by atoms with Gasteiger partial charge in [0.15, 0.2) is 5.96 Å². The third-order valence-electron chi connectivity index (χ3n) is 5.26. The first kappa shape index (κ1) is 21.1. The summed E-state index contributed by atoms with van der Waals surface area (Å²) in [6.07, 6.45) is 2.95. The smallest absolute Gasteiger partial charge is 0.191 e. The van der Waals surface area contributed by atoms with Crippen LogP contribution in [0.15, 0.2) is 29.4 Å². The van der Waals surface area contributed by atoms with E-state index in [0.717, 1.165) is 68.7 Å². The first-order valence-corrected chi connectivity index (χ1v) is 10.4. The molecule has 2 aromatic rings. The maximum atomic E-state index is 4.65. The molecule has 1 fully saturated rings. The van der Waals surface area contributed by atoms with Gasteiger partial charge in [-0.2, -0.15) is 5.10 Å². The minimum atomic E-state index is 0.702. The second-order valence-corrected chi connectivity index (χ2v) is 7.67. The summed E-state index contributed by atoms with van der Waals surface area (Å²) in [5.74, 6) is 1.87. The molecule has 0 amide bonds. The summed E-state index contributed by atoms with van der Waals surface area (Å²) in [5.41, 5.74) is 3.42. The van der Waals surface area contributed by atoms with E-state index in [2.05, 4.69) is 72.4 Å². The van der Waals surface area contributed by atoms with Gasteiger partial charge in [-0.1, -0.05) is 6.07 Å². The molecule has 0 aromatic carbocycles. The number of anilines is 1. The van der Waals surface area contributed by atoms with Crippen LogP contribution in [0.5, 0.6) is 0 Å². The zero-order valence-electron chi connectivity index (χ0n) is 18.1. The number of hydrogen-bond donors (Lipinski definition) is 2. The molecule has 0 aliphatic carbocycles. The van der Waals surface area contributed by atoms with Crippen molar-refractivity contribution in [2.45, 2.75) is 33.4 Å². The Morgan fingerprint density at radius 2 is 1.93 bits per heavy atom. The number of likely N-dealkylation sites (N-methyl/N-ethyl adjacent to an activating group) is 1. The monoisotopic (exact) mass is 398 g/mol. The number of piperazine rings is 1. The van der Waals surface area contributed by atoms with Crippen molar-refractivity contribution in [1.29, 1.82) is 0 Å². The van der Waals surface area contributed by atoms with E-state index in [1.807, 2.05) is 13.1 Å². The molecule has 2 aromatic heterocycles. The van der Waals surface area contributed by atoms with Crippen molar-refractivity contribution in [1.82, 2.24) is 30.3 Å². The van der Waals surface area contributed by atoms with Gasteiger partial charge in [0.05, 0.1) is 5.69 Å². The lowest BCUT2D eigenvalue weighted by molar-refractivity contribution is 0.312. The number of nitrogens with one attached hydrogen (secondary N) is 2. The summed E-state index contributed by atoms with van der Waals surface area (Å²) >= 11 is 0. The Bertz CT molecular complexity index is 788. The zero-order chi connectivity index (χ0) is 20.6. The molecule has 1 aliphatic rings. The van der Waals surface area contributed by atoms with Crippen molar-refractivity contribution in [2.75, 3.05) is 51.7 Å². The Morgan fingerprint density at radius 3 is 2.55 bits per heavy atom. The fourth-order valence-corrected chi connectivity index (χ4v) is 3.49. The van der Waals surface area contributed by atoms with Gasteiger partial charge >= 0.3 is 0 Å². The molecule has 1 aliphatic heterocycles. The van der Waals surface area contributed by atoms with Crippen LogP contribution >= 0.6 is 0 Å². The lowest BCUT2D eigenvalue weighted by atomic mass is 10.2. The van der Waals surface area contributed by atoms with Crippen LogP contribution in [0.2, 0.25) is 0 Å². The highest BCUT2D eigenvalue weighted by Crippen LogP contribution is 2.13. The van der Waals surface area contributed by atoms with Gasteiger partial charge in [-0.25, -0.2) is 4.98 Å². The number of nitrogens with zero attached hydrogens (tertiary/aromatic N) is 6. The highest BCUT2D eigenvalue weighted by atomic mass is 15.3. The Kier molecular flexibility index (Phi) is 7.46. The summed E-state index contributed by atoms with van der Waals surface area (Å²) < 4.78 is 2.06. The van der Waals surface area contributed by atoms with Gasteiger partial charge in [-0.15, -0.1) is 0 Å². The zero-order valence-corrected chi connectivity index (χ0v) is 18.1. The van der Waals surface area contributed by atoms with Crippen molar-refractivity contribution < 1.29 is 0 Å². The molecule has 8 nitrogen and oxygen atoms in total. The van der Waals surface area contributed by atoms with Gasteiger partial charge in [0.2, 0.25) is 0 Å². The molecule has 2 N–H and O–H groups in total. The standard InChI is InChI=1S/C21H34N8/c1-17-14-18(2)29(26-17)9-5-8-23-21(22-3)25-16-19-6-7-20(24-15-19)28-12-10-27(4)11-13-28/h6-7,14-15H,5,8-13,16H2,1-4H3,(H2,22,23,25). The molecule has 1 saturated heterocycles. The van der Waals surface area contributed by atoms with E-state index in [4.69, 9.17) is 0 Å². The Labute approximate surface area is 174 Å². The van der Waals surface area contributed by atoms with E-state index in [0.29, 0.717) is 6.54 Å². The molecule has 0 atom stereocenters. The molecule has 8 heteroatoms. The van der Waals surface area contributed by atoms with E-state index in [1.54, 1.807) is 7.05 Å². The number of aryl methyl sites for hydroxylation is 3. The topological polar surface area (TPSA) is 73.6 Å². The van der Waals surface area contributed by atoms with Gasteiger partial charge < -0.3 is 20.4 Å². The molecule has 0 spiro atoms. The Morgan fingerprint density at radius 1 is 1.14 bits per heavy atom. The highest BCUT2D eigenvalue weighted by Gasteiger charge is 2.14. The third-order valence-corrected chi connectivity index (χ3v) is 5.26. The van der Waals surface area contributed by atoms with E-state index >= 15 is 0 Å². The van der Waals surface area contributed by atoms with Gasteiger partial charge in [-0.3, -0.25) is 9.67 Å². The molecule has 3 rings (SSSR count). The van der Waals surface area contributed by atoms with Gasteiger partial charge in [-0.05, 0) is 45.0 Å². The van der Waals surface area contributed by atoms with Gasteiger partial charge in [0.1, 0.15) is 5.82 Å². The highest BCUT2D eigenvalue weighted by molar-refractivity contribution is 5.79. The van der Waals surface area contributed by atoms with Gasteiger partial charge in [0.25, 0.3) is 0 Å². The van der Waals surface area contributed by atoms with Crippen LogP contribution in [0.4, 0.5) is 5.82 Å². The summed E-state index contributed by atoms with van der Waals surface area (Å²) in [7, 11) is 3.96. The SMILES string of the molecule is CN=C(NCCCn1nc(C)cc1C)NCc1ccc(N2CCN(C)CC2)nc1. The van der Waals surface area contributed by atoms with Crippen molar-refractivity contribution in [3.8, 4) is 0 Å². The van der Waals surface area contributed by atoms with E-state index in [1.165, 1.54) is 5.69 Å². The second kappa shape index (κ2) is 10.2. The molecule has 29 heavy (non-hydrogen) atoms. The van der Waals surface area contributed by atoms with Crippen LogP contribution in [0.1, 0.15) is 23.4 Å². The van der Waals surface area contributed by atoms with E-state index < -0.39 is 0 Å². The minimum Gasteiger partial charge on any atom is -0.356 e. The lowest BCUT2D eigenvalue weighted by Gasteiger charge is -2.33. The van der Waals surface area contributed by atoms with E-state index in [-0.39, 0.29) is 0 Å². The van der Waals surface area contributed by atoms with Gasteiger partial charge in [0, 0.05) is 64.8 Å². The number of pyridine rings is 1. The maximum Gasteiger partial charge on any atom is 0.191 e. The van der Waals surface area contributed by atoms with Crippen LogP contribution in [0, 0.1) is 13.8 Å². The third kappa shape index (κ3) is 6.19. The largest absolute Gasteiger partial charge is 0.356 e.